The minimum absolute atomic E-state index is 0.00493. The van der Waals surface area contributed by atoms with Gasteiger partial charge in [0.2, 0.25) is 5.91 Å². The quantitative estimate of drug-likeness (QED) is 0.529. The average Bonchev–Trinajstić information content (AvgIpc) is 2.48. The summed E-state index contributed by atoms with van der Waals surface area (Å²) in [6.45, 7) is 1.71. The number of carbonyl (C=O) groups is 1. The highest BCUT2D eigenvalue weighted by Crippen LogP contribution is 2.21. The maximum absolute atomic E-state index is 11.8. The normalized spacial score (nSPS) is 10.5. The molecule has 0 aliphatic rings. The van der Waals surface area contributed by atoms with Gasteiger partial charge in [-0.2, -0.15) is 0 Å². The van der Waals surface area contributed by atoms with E-state index in [-0.39, 0.29) is 11.6 Å². The summed E-state index contributed by atoms with van der Waals surface area (Å²) >= 11 is 0. The Labute approximate surface area is 122 Å². The zero-order chi connectivity index (χ0) is 15.2. The summed E-state index contributed by atoms with van der Waals surface area (Å²) in [6, 6.07) is 13.8. The minimum atomic E-state index is -0.464. The van der Waals surface area contributed by atoms with Gasteiger partial charge in [0.25, 0.3) is 5.69 Å². The van der Waals surface area contributed by atoms with Gasteiger partial charge in [-0.3, -0.25) is 14.9 Å². The second kappa shape index (κ2) is 6.47. The van der Waals surface area contributed by atoms with E-state index in [4.69, 9.17) is 0 Å². The van der Waals surface area contributed by atoms with Crippen molar-refractivity contribution in [2.45, 2.75) is 6.92 Å². The zero-order valence-corrected chi connectivity index (χ0v) is 11.4. The predicted octanol–water partition coefficient (Wildman–Crippen LogP) is 3.56. The number of hydrogen-bond acceptors (Lipinski definition) is 3. The number of amides is 1. The fraction of sp³-hybridized carbons (Fsp3) is 0.0625. The average molecular weight is 282 g/mol. The van der Waals surface area contributed by atoms with Crippen LogP contribution in [-0.2, 0) is 4.79 Å². The Bertz CT molecular complexity index is 694. The van der Waals surface area contributed by atoms with Crippen LogP contribution in [0.15, 0.2) is 54.6 Å². The van der Waals surface area contributed by atoms with Crippen LogP contribution in [0.2, 0.25) is 0 Å². The fourth-order valence-corrected chi connectivity index (χ4v) is 1.81. The fourth-order valence-electron chi connectivity index (χ4n) is 1.81. The Hall–Kier alpha value is -2.95. The van der Waals surface area contributed by atoms with Crippen molar-refractivity contribution in [2.24, 2.45) is 0 Å². The third-order valence-corrected chi connectivity index (χ3v) is 2.91. The lowest BCUT2D eigenvalue weighted by atomic mass is 10.1. The smallest absolute Gasteiger partial charge is 0.269 e. The first-order chi connectivity index (χ1) is 10.1. The molecule has 1 amide bonds. The summed E-state index contributed by atoms with van der Waals surface area (Å²) in [6.07, 6.45) is 3.13. The monoisotopic (exact) mass is 282 g/mol. The number of nitro benzene ring substituents is 1. The molecule has 106 valence electrons. The third kappa shape index (κ3) is 4.01. The topological polar surface area (TPSA) is 72.2 Å². The van der Waals surface area contributed by atoms with Gasteiger partial charge in [0.05, 0.1) is 4.92 Å². The van der Waals surface area contributed by atoms with Gasteiger partial charge in [0.1, 0.15) is 0 Å². The first kappa shape index (κ1) is 14.5. The van der Waals surface area contributed by atoms with Crippen LogP contribution in [0.1, 0.15) is 11.1 Å². The molecule has 2 aromatic rings. The summed E-state index contributed by atoms with van der Waals surface area (Å²) in [7, 11) is 0. The molecule has 0 fully saturated rings. The zero-order valence-electron chi connectivity index (χ0n) is 11.4. The SMILES string of the molecule is Cc1cc([N+](=O)[O-])ccc1NC(=O)/C=C/c1ccccc1. The number of nitrogens with zero attached hydrogens (tertiary/aromatic N) is 1. The number of nitrogens with one attached hydrogen (secondary N) is 1. The van der Waals surface area contributed by atoms with Gasteiger partial charge >= 0.3 is 0 Å². The van der Waals surface area contributed by atoms with Crippen molar-refractivity contribution < 1.29 is 9.72 Å². The highest BCUT2D eigenvalue weighted by molar-refractivity contribution is 6.02. The molecule has 0 radical (unpaired) electrons. The number of hydrogen-bond donors (Lipinski definition) is 1. The molecule has 2 aromatic carbocycles. The first-order valence-electron chi connectivity index (χ1n) is 6.35. The molecule has 0 saturated heterocycles. The molecule has 2 rings (SSSR count). The van der Waals surface area contributed by atoms with E-state index in [1.807, 2.05) is 30.3 Å². The molecular weight excluding hydrogens is 268 g/mol. The summed E-state index contributed by atoms with van der Waals surface area (Å²) in [5.41, 5.74) is 2.13. The summed E-state index contributed by atoms with van der Waals surface area (Å²) in [4.78, 5) is 22.0. The molecule has 0 heterocycles. The first-order valence-corrected chi connectivity index (χ1v) is 6.35. The van der Waals surface area contributed by atoms with Crippen molar-refractivity contribution >= 4 is 23.4 Å². The molecule has 0 bridgehead atoms. The van der Waals surface area contributed by atoms with Crippen LogP contribution < -0.4 is 5.32 Å². The Kier molecular flexibility index (Phi) is 4.46. The molecule has 0 aromatic heterocycles. The van der Waals surface area contributed by atoms with E-state index in [1.54, 1.807) is 13.0 Å². The molecule has 0 unspecified atom stereocenters. The highest BCUT2D eigenvalue weighted by atomic mass is 16.6. The van der Waals surface area contributed by atoms with Crippen LogP contribution >= 0.6 is 0 Å². The van der Waals surface area contributed by atoms with Crippen molar-refractivity contribution in [1.29, 1.82) is 0 Å². The van der Waals surface area contributed by atoms with Gasteiger partial charge in [0.15, 0.2) is 0 Å². The highest BCUT2D eigenvalue weighted by Gasteiger charge is 2.08. The van der Waals surface area contributed by atoms with Gasteiger partial charge in [-0.05, 0) is 30.2 Å². The maximum atomic E-state index is 11.8. The summed E-state index contributed by atoms with van der Waals surface area (Å²) < 4.78 is 0. The van der Waals surface area contributed by atoms with E-state index >= 15 is 0 Å². The summed E-state index contributed by atoms with van der Waals surface area (Å²) in [5.74, 6) is -0.282. The molecule has 0 aliphatic carbocycles. The molecule has 21 heavy (non-hydrogen) atoms. The van der Waals surface area contributed by atoms with Crippen molar-refractivity contribution in [3.63, 3.8) is 0 Å². The summed E-state index contributed by atoms with van der Waals surface area (Å²) in [5, 5.41) is 13.4. The van der Waals surface area contributed by atoms with Crippen molar-refractivity contribution in [2.75, 3.05) is 5.32 Å². The molecule has 0 spiro atoms. The van der Waals surface area contributed by atoms with E-state index < -0.39 is 4.92 Å². The Morgan fingerprint density at radius 1 is 1.19 bits per heavy atom. The maximum Gasteiger partial charge on any atom is 0.269 e. The molecular formula is C16H14N2O3. The van der Waals surface area contributed by atoms with Crippen LogP contribution in [0.25, 0.3) is 6.08 Å². The van der Waals surface area contributed by atoms with Crippen molar-refractivity contribution in [3.05, 3.63) is 75.8 Å². The standard InChI is InChI=1S/C16H14N2O3/c1-12-11-14(18(20)21)8-9-15(12)17-16(19)10-7-13-5-3-2-4-6-13/h2-11H,1H3,(H,17,19)/b10-7+. The van der Waals surface area contributed by atoms with Crippen LogP contribution in [0.5, 0.6) is 0 Å². The van der Waals surface area contributed by atoms with E-state index in [0.717, 1.165) is 5.56 Å². The lowest BCUT2D eigenvalue weighted by Crippen LogP contribution is -2.09. The molecule has 0 saturated carbocycles. The van der Waals surface area contributed by atoms with Gasteiger partial charge in [-0.15, -0.1) is 0 Å². The number of nitro groups is 1. The molecule has 0 aliphatic heterocycles. The molecule has 0 atom stereocenters. The number of anilines is 1. The van der Waals surface area contributed by atoms with Gasteiger partial charge in [-0.1, -0.05) is 30.3 Å². The number of carbonyl (C=O) groups excluding carboxylic acids is 1. The van der Waals surface area contributed by atoms with Gasteiger partial charge in [-0.25, -0.2) is 0 Å². The van der Waals surface area contributed by atoms with Crippen LogP contribution in [0.4, 0.5) is 11.4 Å². The van der Waals surface area contributed by atoms with Crippen molar-refractivity contribution in [3.8, 4) is 0 Å². The molecule has 5 heteroatoms. The number of rotatable bonds is 4. The van der Waals surface area contributed by atoms with E-state index in [2.05, 4.69) is 5.32 Å². The van der Waals surface area contributed by atoms with Crippen LogP contribution in [-0.4, -0.2) is 10.8 Å². The van der Waals surface area contributed by atoms with Gasteiger partial charge < -0.3 is 5.32 Å². The minimum Gasteiger partial charge on any atom is -0.322 e. The Morgan fingerprint density at radius 3 is 2.52 bits per heavy atom. The van der Waals surface area contributed by atoms with E-state index in [0.29, 0.717) is 11.3 Å². The molecule has 5 nitrogen and oxygen atoms in total. The Morgan fingerprint density at radius 2 is 1.90 bits per heavy atom. The van der Waals surface area contributed by atoms with E-state index in [1.165, 1.54) is 24.3 Å². The number of aryl methyl sites for hydroxylation is 1. The lowest BCUT2D eigenvalue weighted by Gasteiger charge is -2.05. The third-order valence-electron chi connectivity index (χ3n) is 2.91. The van der Waals surface area contributed by atoms with Crippen molar-refractivity contribution in [1.82, 2.24) is 0 Å². The van der Waals surface area contributed by atoms with Gasteiger partial charge in [0, 0.05) is 23.9 Å². The lowest BCUT2D eigenvalue weighted by molar-refractivity contribution is -0.384. The van der Waals surface area contributed by atoms with Crippen LogP contribution in [0.3, 0.4) is 0 Å². The number of benzene rings is 2. The second-order valence-electron chi connectivity index (χ2n) is 4.49. The van der Waals surface area contributed by atoms with E-state index in [9.17, 15) is 14.9 Å². The molecule has 1 N–H and O–H groups in total. The second-order valence-corrected chi connectivity index (χ2v) is 4.49. The van der Waals surface area contributed by atoms with Crippen LogP contribution in [0, 0.1) is 17.0 Å². The predicted molar refractivity (Wildman–Crippen MR) is 81.9 cm³/mol. The largest absolute Gasteiger partial charge is 0.322 e. The number of non-ortho nitro benzene ring substituents is 1. The Balaban J connectivity index is 2.06.